The number of nitrogens with zero attached hydrogens (tertiary/aromatic N) is 2. The lowest BCUT2D eigenvalue weighted by Gasteiger charge is -2.40. The van der Waals surface area contributed by atoms with Crippen LogP contribution in [0.4, 0.5) is 10.1 Å². The van der Waals surface area contributed by atoms with Crippen molar-refractivity contribution >= 4 is 27.1 Å². The van der Waals surface area contributed by atoms with Crippen LogP contribution in [0.1, 0.15) is 17.2 Å². The van der Waals surface area contributed by atoms with Gasteiger partial charge in [0.15, 0.2) is 0 Å². The Labute approximate surface area is 185 Å². The van der Waals surface area contributed by atoms with Gasteiger partial charge in [0.1, 0.15) is 5.82 Å². The summed E-state index contributed by atoms with van der Waals surface area (Å²) in [5.74, 6) is -0.368. The number of anilines is 1. The lowest BCUT2D eigenvalue weighted by Crippen LogP contribution is -2.49. The van der Waals surface area contributed by atoms with Crippen LogP contribution >= 0.6 is 11.3 Å². The van der Waals surface area contributed by atoms with Crippen LogP contribution in [0.3, 0.4) is 0 Å². The number of rotatable bonds is 4. The second-order valence-corrected chi connectivity index (χ2v) is 8.75. The number of piperazine rings is 1. The largest absolute Gasteiger partial charge is 0.365 e. The Hall–Kier alpha value is -3.02. The van der Waals surface area contributed by atoms with E-state index in [-0.39, 0.29) is 17.3 Å². The van der Waals surface area contributed by atoms with Crippen molar-refractivity contribution in [1.29, 1.82) is 0 Å². The van der Waals surface area contributed by atoms with Gasteiger partial charge < -0.3 is 4.90 Å². The lowest BCUT2D eigenvalue weighted by molar-refractivity contribution is 0.212. The molecule has 0 aliphatic carbocycles. The van der Waals surface area contributed by atoms with E-state index in [1.165, 1.54) is 34.6 Å². The summed E-state index contributed by atoms with van der Waals surface area (Å²) in [5.41, 5.74) is 3.15. The Morgan fingerprint density at radius 3 is 2.03 bits per heavy atom. The van der Waals surface area contributed by atoms with Gasteiger partial charge in [0.25, 0.3) is 0 Å². The quantitative estimate of drug-likeness (QED) is 0.438. The van der Waals surface area contributed by atoms with Crippen LogP contribution in [0.5, 0.6) is 0 Å². The van der Waals surface area contributed by atoms with E-state index in [2.05, 4.69) is 58.3 Å². The van der Waals surface area contributed by atoms with Gasteiger partial charge in [-0.3, -0.25) is 9.69 Å². The van der Waals surface area contributed by atoms with Gasteiger partial charge in [-0.2, -0.15) is 0 Å². The smallest absolute Gasteiger partial charge is 0.211 e. The first kappa shape index (κ1) is 19.9. The van der Waals surface area contributed by atoms with E-state index >= 15 is 0 Å². The Kier molecular flexibility index (Phi) is 5.53. The second-order valence-electron chi connectivity index (χ2n) is 7.84. The molecule has 0 bridgehead atoms. The number of fused-ring (bicyclic) bond motifs is 1. The van der Waals surface area contributed by atoms with Gasteiger partial charge in [0.05, 0.1) is 11.7 Å². The average molecular weight is 431 g/mol. The van der Waals surface area contributed by atoms with Gasteiger partial charge in [-0.1, -0.05) is 60.7 Å². The molecule has 0 spiro atoms. The Bertz CT molecular complexity index is 1200. The molecule has 31 heavy (non-hydrogen) atoms. The molecule has 1 aliphatic heterocycles. The maximum atomic E-state index is 13.7. The fraction of sp³-hybridized carbons (Fsp3) is 0.192. The summed E-state index contributed by atoms with van der Waals surface area (Å²) in [6, 6.07) is 25.8. The summed E-state index contributed by atoms with van der Waals surface area (Å²) in [6.07, 6.45) is 0. The van der Waals surface area contributed by atoms with Crippen LogP contribution in [0.2, 0.25) is 0 Å². The van der Waals surface area contributed by atoms with Gasteiger partial charge in [0, 0.05) is 41.6 Å². The topological polar surface area (TPSA) is 23.6 Å². The molecule has 0 unspecified atom stereocenters. The minimum atomic E-state index is -0.368. The maximum absolute atomic E-state index is 13.7. The fourth-order valence-corrected chi connectivity index (χ4v) is 5.34. The summed E-state index contributed by atoms with van der Waals surface area (Å²) in [4.78, 5) is 17.7. The standard InChI is InChI=1S/C26H23FN2OS/c27-21-11-12-24-22(17-21)26(30)23(18-31-24)28-13-15-29(16-14-28)25(19-7-3-1-4-8-19)20-9-5-2-6-10-20/h1-12,17-18,25H,13-16H2. The van der Waals surface area contributed by atoms with Crippen molar-refractivity contribution in [3.8, 4) is 0 Å². The highest BCUT2D eigenvalue weighted by molar-refractivity contribution is 7.16. The summed E-state index contributed by atoms with van der Waals surface area (Å²) in [5, 5.41) is 2.39. The summed E-state index contributed by atoms with van der Waals surface area (Å²) in [7, 11) is 0. The van der Waals surface area contributed by atoms with E-state index in [0.717, 1.165) is 30.9 Å². The number of benzene rings is 3. The van der Waals surface area contributed by atoms with Crippen LogP contribution in [0.15, 0.2) is 89.0 Å². The third kappa shape index (κ3) is 3.99. The molecule has 3 nitrogen and oxygen atoms in total. The minimum Gasteiger partial charge on any atom is -0.365 e. The molecule has 2 heterocycles. The van der Waals surface area contributed by atoms with Crippen molar-refractivity contribution in [1.82, 2.24) is 4.90 Å². The molecule has 0 radical (unpaired) electrons. The Balaban J connectivity index is 1.41. The molecule has 3 aromatic carbocycles. The molecule has 0 amide bonds. The third-order valence-electron chi connectivity index (χ3n) is 5.97. The van der Waals surface area contributed by atoms with Gasteiger partial charge in [-0.15, -0.1) is 11.3 Å². The lowest BCUT2D eigenvalue weighted by atomic mass is 9.96. The Morgan fingerprint density at radius 2 is 1.42 bits per heavy atom. The minimum absolute atomic E-state index is 0.0793. The van der Waals surface area contributed by atoms with E-state index in [1.807, 2.05) is 17.5 Å². The van der Waals surface area contributed by atoms with Crippen LogP contribution in [0, 0.1) is 5.82 Å². The van der Waals surface area contributed by atoms with Crippen molar-refractivity contribution in [2.75, 3.05) is 31.1 Å². The molecular weight excluding hydrogens is 407 g/mol. The van der Waals surface area contributed by atoms with Crippen molar-refractivity contribution in [3.05, 3.63) is 111 Å². The van der Waals surface area contributed by atoms with E-state index in [0.29, 0.717) is 11.1 Å². The molecule has 0 atom stereocenters. The Morgan fingerprint density at radius 1 is 0.806 bits per heavy atom. The van der Waals surface area contributed by atoms with Gasteiger partial charge in [-0.25, -0.2) is 4.39 Å². The van der Waals surface area contributed by atoms with Crippen LogP contribution in [0.25, 0.3) is 10.1 Å². The molecule has 1 aliphatic rings. The predicted molar refractivity (Wildman–Crippen MR) is 127 cm³/mol. The highest BCUT2D eigenvalue weighted by Gasteiger charge is 2.27. The summed E-state index contributed by atoms with van der Waals surface area (Å²) in [6.45, 7) is 3.22. The molecule has 0 saturated carbocycles. The van der Waals surface area contributed by atoms with Crippen LogP contribution in [-0.4, -0.2) is 31.1 Å². The molecule has 1 aromatic heterocycles. The SMILES string of the molecule is O=c1c(N2CCN(C(c3ccccc3)c3ccccc3)CC2)csc2ccc(F)cc12. The van der Waals surface area contributed by atoms with Crippen molar-refractivity contribution in [2.45, 2.75) is 6.04 Å². The van der Waals surface area contributed by atoms with Gasteiger partial charge in [-0.05, 0) is 29.3 Å². The molecule has 5 heteroatoms. The van der Waals surface area contributed by atoms with Gasteiger partial charge in [0.2, 0.25) is 5.43 Å². The fourth-order valence-electron chi connectivity index (χ4n) is 4.42. The highest BCUT2D eigenvalue weighted by atomic mass is 32.1. The zero-order chi connectivity index (χ0) is 21.2. The van der Waals surface area contributed by atoms with Crippen molar-refractivity contribution in [2.24, 2.45) is 0 Å². The third-order valence-corrected chi connectivity index (χ3v) is 6.92. The molecule has 1 saturated heterocycles. The first-order valence-corrected chi connectivity index (χ1v) is 11.4. The van der Waals surface area contributed by atoms with Crippen molar-refractivity contribution < 1.29 is 4.39 Å². The zero-order valence-corrected chi connectivity index (χ0v) is 17.9. The highest BCUT2D eigenvalue weighted by Crippen LogP contribution is 2.30. The van der Waals surface area contributed by atoms with Crippen molar-refractivity contribution in [3.63, 3.8) is 0 Å². The first-order valence-electron chi connectivity index (χ1n) is 10.5. The van der Waals surface area contributed by atoms with E-state index < -0.39 is 0 Å². The van der Waals surface area contributed by atoms with E-state index in [1.54, 1.807) is 6.07 Å². The predicted octanol–water partition coefficient (Wildman–Crippen LogP) is 5.31. The maximum Gasteiger partial charge on any atom is 0.211 e. The summed E-state index contributed by atoms with van der Waals surface area (Å²) < 4.78 is 14.5. The summed E-state index contributed by atoms with van der Waals surface area (Å²) >= 11 is 1.50. The van der Waals surface area contributed by atoms with Crippen LogP contribution < -0.4 is 10.3 Å². The monoisotopic (exact) mass is 430 g/mol. The van der Waals surface area contributed by atoms with E-state index in [9.17, 15) is 9.18 Å². The number of hydrogen-bond donors (Lipinski definition) is 0. The average Bonchev–Trinajstić information content (AvgIpc) is 2.82. The molecular formula is C26H23FN2OS. The molecule has 4 aromatic rings. The van der Waals surface area contributed by atoms with Crippen LogP contribution in [-0.2, 0) is 0 Å². The van der Waals surface area contributed by atoms with E-state index in [4.69, 9.17) is 0 Å². The number of halogens is 1. The molecule has 0 N–H and O–H groups in total. The van der Waals surface area contributed by atoms with Gasteiger partial charge >= 0.3 is 0 Å². The normalized spacial score (nSPS) is 15.0. The molecule has 1 fully saturated rings. The zero-order valence-electron chi connectivity index (χ0n) is 17.1. The number of hydrogen-bond acceptors (Lipinski definition) is 4. The molecule has 5 rings (SSSR count). The molecule has 156 valence electrons. The first-order chi connectivity index (χ1) is 15.2. The second kappa shape index (κ2) is 8.61.